The van der Waals surface area contributed by atoms with Gasteiger partial charge in [-0.05, 0) is 24.5 Å². The van der Waals surface area contributed by atoms with E-state index in [4.69, 9.17) is 4.74 Å². The normalized spacial score (nSPS) is 11.3. The minimum absolute atomic E-state index is 0.135. The fourth-order valence-corrected chi connectivity index (χ4v) is 3.75. The third-order valence-corrected chi connectivity index (χ3v) is 4.83. The van der Waals surface area contributed by atoms with Gasteiger partial charge in [0, 0.05) is 21.6 Å². The van der Waals surface area contributed by atoms with Gasteiger partial charge in [0.2, 0.25) is 0 Å². The molecular formula is C19H12N2O2S. The molecule has 3 aromatic rings. The summed E-state index contributed by atoms with van der Waals surface area (Å²) in [5.41, 5.74) is 2.94. The summed E-state index contributed by atoms with van der Waals surface area (Å²) in [6, 6.07) is 17.3. The third-order valence-electron chi connectivity index (χ3n) is 4.02. The SMILES string of the molecule is CSc1c2c([nH]c(=O)c1C#N)-c1ccccc1Oc1ccccc1-2. The molecule has 0 saturated carbocycles. The molecule has 2 heterocycles. The van der Waals surface area contributed by atoms with Crippen molar-refractivity contribution in [1.29, 1.82) is 5.26 Å². The minimum atomic E-state index is -0.380. The summed E-state index contributed by atoms with van der Waals surface area (Å²) in [7, 11) is 0. The molecule has 116 valence electrons. The Morgan fingerprint density at radius 2 is 1.67 bits per heavy atom. The van der Waals surface area contributed by atoms with Crippen LogP contribution in [-0.4, -0.2) is 11.2 Å². The van der Waals surface area contributed by atoms with Crippen molar-refractivity contribution in [3.05, 3.63) is 64.4 Å². The summed E-state index contributed by atoms with van der Waals surface area (Å²) in [6.07, 6.45) is 1.87. The van der Waals surface area contributed by atoms with Crippen LogP contribution in [0.1, 0.15) is 5.56 Å². The van der Waals surface area contributed by atoms with E-state index in [1.165, 1.54) is 11.8 Å². The fraction of sp³-hybridized carbons (Fsp3) is 0.0526. The number of benzene rings is 2. The molecule has 0 unspecified atom stereocenters. The lowest BCUT2D eigenvalue weighted by atomic mass is 9.98. The van der Waals surface area contributed by atoms with E-state index in [-0.39, 0.29) is 11.1 Å². The number of aromatic amines is 1. The van der Waals surface area contributed by atoms with Crippen LogP contribution in [-0.2, 0) is 0 Å². The Bertz CT molecular complexity index is 1060. The zero-order chi connectivity index (χ0) is 16.7. The van der Waals surface area contributed by atoms with Crippen molar-refractivity contribution >= 4 is 11.8 Å². The maximum absolute atomic E-state index is 12.4. The molecule has 2 aromatic carbocycles. The summed E-state index contributed by atoms with van der Waals surface area (Å²) in [5, 5.41) is 9.43. The number of para-hydroxylation sites is 2. The van der Waals surface area contributed by atoms with Gasteiger partial charge < -0.3 is 9.72 Å². The zero-order valence-corrected chi connectivity index (χ0v) is 13.6. The van der Waals surface area contributed by atoms with Crippen molar-refractivity contribution in [1.82, 2.24) is 4.98 Å². The van der Waals surface area contributed by atoms with E-state index in [2.05, 4.69) is 4.98 Å². The fourth-order valence-electron chi connectivity index (χ4n) is 2.99. The highest BCUT2D eigenvalue weighted by atomic mass is 32.2. The van der Waals surface area contributed by atoms with E-state index in [0.717, 1.165) is 16.7 Å². The van der Waals surface area contributed by atoms with E-state index < -0.39 is 0 Å². The zero-order valence-electron chi connectivity index (χ0n) is 12.8. The molecule has 1 N–H and O–H groups in total. The first-order chi connectivity index (χ1) is 11.7. The molecule has 4 rings (SSSR count). The quantitative estimate of drug-likeness (QED) is 0.524. The molecule has 5 heteroatoms. The van der Waals surface area contributed by atoms with E-state index in [0.29, 0.717) is 22.1 Å². The van der Waals surface area contributed by atoms with E-state index in [1.54, 1.807) is 0 Å². The van der Waals surface area contributed by atoms with Crippen LogP contribution in [0.5, 0.6) is 11.5 Å². The summed E-state index contributed by atoms with van der Waals surface area (Å²) in [6.45, 7) is 0. The Hall–Kier alpha value is -2.97. The number of ether oxygens (including phenoxy) is 1. The predicted octanol–water partition coefficient (Wildman–Crippen LogP) is 4.41. The van der Waals surface area contributed by atoms with Gasteiger partial charge in [0.1, 0.15) is 23.1 Å². The standard InChI is InChI=1S/C19H12N2O2S/c1-24-18-13(10-20)19(22)21-17-12-7-3-5-9-15(12)23-14-8-4-2-6-11(14)16(17)18/h2-9H,1H3,(H,21,22). The second-order valence-corrected chi connectivity index (χ2v) is 6.14. The number of nitrogens with zero attached hydrogens (tertiary/aromatic N) is 1. The highest BCUT2D eigenvalue weighted by molar-refractivity contribution is 7.98. The van der Waals surface area contributed by atoms with Gasteiger partial charge in [-0.25, -0.2) is 0 Å². The van der Waals surface area contributed by atoms with Crippen molar-refractivity contribution < 1.29 is 4.74 Å². The van der Waals surface area contributed by atoms with Crippen LogP contribution >= 0.6 is 11.8 Å². The molecular weight excluding hydrogens is 320 g/mol. The van der Waals surface area contributed by atoms with Gasteiger partial charge in [-0.15, -0.1) is 11.8 Å². The van der Waals surface area contributed by atoms with Gasteiger partial charge in [0.05, 0.1) is 5.69 Å². The molecule has 24 heavy (non-hydrogen) atoms. The molecule has 0 atom stereocenters. The topological polar surface area (TPSA) is 65.9 Å². The van der Waals surface area contributed by atoms with Gasteiger partial charge in [-0.3, -0.25) is 4.79 Å². The second-order valence-electron chi connectivity index (χ2n) is 5.32. The van der Waals surface area contributed by atoms with Gasteiger partial charge in [-0.2, -0.15) is 5.26 Å². The van der Waals surface area contributed by atoms with Gasteiger partial charge in [-0.1, -0.05) is 30.3 Å². The largest absolute Gasteiger partial charge is 0.456 e. The maximum atomic E-state index is 12.4. The van der Waals surface area contributed by atoms with Crippen LogP contribution in [0.2, 0.25) is 0 Å². The second kappa shape index (κ2) is 5.59. The van der Waals surface area contributed by atoms with Crippen LogP contribution < -0.4 is 10.3 Å². The van der Waals surface area contributed by atoms with Crippen molar-refractivity contribution in [2.45, 2.75) is 4.90 Å². The van der Waals surface area contributed by atoms with Crippen molar-refractivity contribution in [3.63, 3.8) is 0 Å². The molecule has 1 aliphatic rings. The average molecular weight is 332 g/mol. The van der Waals surface area contributed by atoms with Gasteiger partial charge in [0.25, 0.3) is 5.56 Å². The molecule has 0 spiro atoms. The van der Waals surface area contributed by atoms with Gasteiger partial charge in [0.15, 0.2) is 0 Å². The summed E-state index contributed by atoms with van der Waals surface area (Å²) >= 11 is 1.40. The highest BCUT2D eigenvalue weighted by Crippen LogP contribution is 2.48. The van der Waals surface area contributed by atoms with E-state index >= 15 is 0 Å². The maximum Gasteiger partial charge on any atom is 0.267 e. The Kier molecular flexibility index (Phi) is 3.40. The number of hydrogen-bond acceptors (Lipinski definition) is 4. The monoisotopic (exact) mass is 332 g/mol. The predicted molar refractivity (Wildman–Crippen MR) is 94.5 cm³/mol. The lowest BCUT2D eigenvalue weighted by Crippen LogP contribution is -2.14. The number of pyridine rings is 1. The smallest absolute Gasteiger partial charge is 0.267 e. The first kappa shape index (κ1) is 14.6. The third kappa shape index (κ3) is 2.04. The Morgan fingerprint density at radius 1 is 1.04 bits per heavy atom. The van der Waals surface area contributed by atoms with E-state index in [1.807, 2.05) is 60.9 Å². The number of nitrogens with one attached hydrogen (secondary N) is 1. The number of H-pyrrole nitrogens is 1. The molecule has 1 aromatic heterocycles. The molecule has 0 amide bonds. The number of hydrogen-bond donors (Lipinski definition) is 1. The minimum Gasteiger partial charge on any atom is -0.456 e. The van der Waals surface area contributed by atoms with Crippen LogP contribution in [0.4, 0.5) is 0 Å². The number of rotatable bonds is 1. The van der Waals surface area contributed by atoms with Crippen LogP contribution in [0, 0.1) is 11.3 Å². The first-order valence-electron chi connectivity index (χ1n) is 7.35. The lowest BCUT2D eigenvalue weighted by molar-refractivity contribution is 0.487. The first-order valence-corrected chi connectivity index (χ1v) is 8.58. The summed E-state index contributed by atoms with van der Waals surface area (Å²) < 4.78 is 6.08. The summed E-state index contributed by atoms with van der Waals surface area (Å²) in [4.78, 5) is 16.0. The van der Waals surface area contributed by atoms with Gasteiger partial charge >= 0.3 is 0 Å². The Balaban J connectivity index is 2.24. The van der Waals surface area contributed by atoms with E-state index in [9.17, 15) is 10.1 Å². The van der Waals surface area contributed by atoms with Crippen molar-refractivity contribution in [2.75, 3.05) is 6.26 Å². The molecule has 0 fully saturated rings. The molecule has 1 aliphatic heterocycles. The van der Waals surface area contributed by atoms with Crippen molar-refractivity contribution in [3.8, 4) is 40.0 Å². The number of thioether (sulfide) groups is 1. The molecule has 0 saturated heterocycles. The number of fused-ring (bicyclic) bond motifs is 5. The lowest BCUT2D eigenvalue weighted by Gasteiger charge is -2.13. The van der Waals surface area contributed by atoms with Crippen LogP contribution in [0.25, 0.3) is 22.4 Å². The summed E-state index contributed by atoms with van der Waals surface area (Å²) in [5.74, 6) is 1.38. The number of nitriles is 1. The molecule has 0 aliphatic carbocycles. The van der Waals surface area contributed by atoms with Crippen molar-refractivity contribution in [2.24, 2.45) is 0 Å². The Labute approximate surface area is 142 Å². The average Bonchev–Trinajstić information content (AvgIpc) is 2.75. The number of aromatic nitrogens is 1. The molecule has 4 nitrogen and oxygen atoms in total. The van der Waals surface area contributed by atoms with Crippen LogP contribution in [0.15, 0.2) is 58.2 Å². The molecule has 0 radical (unpaired) electrons. The highest BCUT2D eigenvalue weighted by Gasteiger charge is 2.26. The van der Waals surface area contributed by atoms with Crippen LogP contribution in [0.3, 0.4) is 0 Å². The Morgan fingerprint density at radius 3 is 2.33 bits per heavy atom. The molecule has 0 bridgehead atoms.